The molecule has 0 aliphatic rings. The molecule has 0 bridgehead atoms. The van der Waals surface area contributed by atoms with Gasteiger partial charge in [-0.15, -0.1) is 24.0 Å². The van der Waals surface area contributed by atoms with Crippen LogP contribution < -0.4 is 10.6 Å². The first-order valence-electron chi connectivity index (χ1n) is 7.18. The molecular formula is C15H22F3IN4O. The van der Waals surface area contributed by atoms with Crippen LogP contribution in [0.4, 0.5) is 13.2 Å². The molecule has 0 unspecified atom stereocenters. The number of aliphatic imine (C=N–C) groups is 1. The number of hydrogen-bond acceptors (Lipinski definition) is 2. The highest BCUT2D eigenvalue weighted by atomic mass is 127. The number of carbonyl (C=O) groups is 1. The average molecular weight is 458 g/mol. The zero-order chi connectivity index (χ0) is 17.3. The molecule has 1 amide bonds. The smallest absolute Gasteiger partial charge is 0.357 e. The summed E-state index contributed by atoms with van der Waals surface area (Å²) in [6.07, 6.45) is -4.41. The van der Waals surface area contributed by atoms with E-state index in [0.717, 1.165) is 12.6 Å². The first-order chi connectivity index (χ1) is 10.8. The number of guanidine groups is 1. The van der Waals surface area contributed by atoms with E-state index in [0.29, 0.717) is 23.9 Å². The van der Waals surface area contributed by atoms with Crippen molar-refractivity contribution in [3.8, 4) is 0 Å². The Bertz CT molecular complexity index is 523. The molecule has 1 aromatic rings. The molecular weight excluding hydrogens is 436 g/mol. The Balaban J connectivity index is 0.00000529. The number of benzene rings is 1. The molecule has 0 aliphatic carbocycles. The number of nitrogens with one attached hydrogen (secondary N) is 2. The Labute approximate surface area is 156 Å². The highest BCUT2D eigenvalue weighted by Crippen LogP contribution is 2.15. The second kappa shape index (κ2) is 11.1. The monoisotopic (exact) mass is 458 g/mol. The molecule has 136 valence electrons. The summed E-state index contributed by atoms with van der Waals surface area (Å²) < 4.78 is 36.7. The van der Waals surface area contributed by atoms with Gasteiger partial charge in [0.15, 0.2) is 5.96 Å². The third-order valence-electron chi connectivity index (χ3n) is 2.86. The molecule has 0 saturated carbocycles. The van der Waals surface area contributed by atoms with E-state index in [-0.39, 0.29) is 30.5 Å². The quantitative estimate of drug-likeness (QED) is 0.391. The summed E-state index contributed by atoms with van der Waals surface area (Å²) in [5.41, 5.74) is 0.991. The van der Waals surface area contributed by atoms with Gasteiger partial charge in [-0.05, 0) is 12.5 Å². The van der Waals surface area contributed by atoms with Crippen LogP contribution in [0.25, 0.3) is 0 Å². The van der Waals surface area contributed by atoms with Crippen molar-refractivity contribution in [1.82, 2.24) is 15.5 Å². The van der Waals surface area contributed by atoms with Crippen molar-refractivity contribution >= 4 is 35.8 Å². The van der Waals surface area contributed by atoms with Gasteiger partial charge in [-0.3, -0.25) is 4.79 Å². The Kier molecular flexibility index (Phi) is 10.4. The first-order valence-corrected chi connectivity index (χ1v) is 7.18. The summed E-state index contributed by atoms with van der Waals surface area (Å²) >= 11 is 0. The van der Waals surface area contributed by atoms with Crippen molar-refractivity contribution in [2.45, 2.75) is 19.6 Å². The lowest BCUT2D eigenvalue weighted by Gasteiger charge is -2.20. The zero-order valence-electron chi connectivity index (χ0n) is 13.6. The van der Waals surface area contributed by atoms with Gasteiger partial charge in [0.05, 0.1) is 13.1 Å². The van der Waals surface area contributed by atoms with E-state index in [9.17, 15) is 18.0 Å². The van der Waals surface area contributed by atoms with Crippen LogP contribution in [0.5, 0.6) is 0 Å². The Morgan fingerprint density at radius 1 is 1.21 bits per heavy atom. The lowest BCUT2D eigenvalue weighted by Crippen LogP contribution is -2.45. The molecule has 0 aromatic heterocycles. The van der Waals surface area contributed by atoms with Gasteiger partial charge in [-0.1, -0.05) is 30.3 Å². The lowest BCUT2D eigenvalue weighted by atomic mass is 10.2. The van der Waals surface area contributed by atoms with Crippen molar-refractivity contribution in [1.29, 1.82) is 0 Å². The predicted molar refractivity (Wildman–Crippen MR) is 98.4 cm³/mol. The van der Waals surface area contributed by atoms with Crippen LogP contribution in [-0.2, 0) is 11.3 Å². The fraction of sp³-hybridized carbons (Fsp3) is 0.467. The molecule has 0 radical (unpaired) electrons. The minimum absolute atomic E-state index is 0. The van der Waals surface area contributed by atoms with Crippen LogP contribution in [0.1, 0.15) is 12.5 Å². The Morgan fingerprint density at radius 3 is 2.38 bits per heavy atom. The highest BCUT2D eigenvalue weighted by molar-refractivity contribution is 14.0. The summed E-state index contributed by atoms with van der Waals surface area (Å²) in [6, 6.07) is 9.50. The molecule has 0 saturated heterocycles. The second-order valence-corrected chi connectivity index (χ2v) is 4.90. The predicted octanol–water partition coefficient (Wildman–Crippen LogP) is 2.38. The van der Waals surface area contributed by atoms with Crippen molar-refractivity contribution < 1.29 is 18.0 Å². The number of amides is 1. The molecule has 24 heavy (non-hydrogen) atoms. The average Bonchev–Trinajstić information content (AvgIpc) is 2.49. The highest BCUT2D eigenvalue weighted by Gasteiger charge is 2.31. The van der Waals surface area contributed by atoms with E-state index < -0.39 is 18.6 Å². The minimum Gasteiger partial charge on any atom is -0.357 e. The van der Waals surface area contributed by atoms with Gasteiger partial charge in [0, 0.05) is 13.6 Å². The standard InChI is InChI=1S/C15H21F3N4O.HI/c1-3-19-14(20-9-12-7-5-4-6-8-12)21-10-13(23)22(2)11-15(16,17)18;/h4-8H,3,9-11H2,1-2H3,(H2,19,20,21);1H. The number of halogens is 4. The van der Waals surface area contributed by atoms with Gasteiger partial charge in [-0.2, -0.15) is 13.2 Å². The summed E-state index contributed by atoms with van der Waals surface area (Å²) in [7, 11) is 1.12. The van der Waals surface area contributed by atoms with Crippen molar-refractivity contribution in [2.75, 3.05) is 26.7 Å². The second-order valence-electron chi connectivity index (χ2n) is 4.90. The molecule has 5 nitrogen and oxygen atoms in total. The van der Waals surface area contributed by atoms with E-state index >= 15 is 0 Å². The summed E-state index contributed by atoms with van der Waals surface area (Å²) in [6.45, 7) is 1.31. The van der Waals surface area contributed by atoms with E-state index in [1.165, 1.54) is 0 Å². The van der Waals surface area contributed by atoms with Crippen LogP contribution in [0.2, 0.25) is 0 Å². The van der Waals surface area contributed by atoms with Crippen LogP contribution in [-0.4, -0.2) is 49.6 Å². The largest absolute Gasteiger partial charge is 0.406 e. The molecule has 2 N–H and O–H groups in total. The molecule has 0 atom stereocenters. The van der Waals surface area contributed by atoms with Crippen molar-refractivity contribution in [3.05, 3.63) is 35.9 Å². The fourth-order valence-corrected chi connectivity index (χ4v) is 1.75. The van der Waals surface area contributed by atoms with Crippen molar-refractivity contribution in [2.24, 2.45) is 4.99 Å². The fourth-order valence-electron chi connectivity index (χ4n) is 1.75. The number of nitrogens with zero attached hydrogens (tertiary/aromatic N) is 2. The molecule has 1 aromatic carbocycles. The summed E-state index contributed by atoms with van der Waals surface area (Å²) in [5.74, 6) is -0.280. The topological polar surface area (TPSA) is 56.7 Å². The summed E-state index contributed by atoms with van der Waals surface area (Å²) in [5, 5.41) is 5.68. The number of alkyl halides is 3. The van der Waals surface area contributed by atoms with E-state index in [4.69, 9.17) is 0 Å². The maximum Gasteiger partial charge on any atom is 0.406 e. The molecule has 0 fully saturated rings. The van der Waals surface area contributed by atoms with Gasteiger partial charge in [0.2, 0.25) is 5.91 Å². The number of likely N-dealkylation sites (N-methyl/N-ethyl adjacent to an activating group) is 1. The van der Waals surface area contributed by atoms with E-state index in [1.807, 2.05) is 37.3 Å². The maximum atomic E-state index is 12.2. The molecule has 0 spiro atoms. The van der Waals surface area contributed by atoms with Crippen LogP contribution in [0.3, 0.4) is 0 Å². The third-order valence-corrected chi connectivity index (χ3v) is 2.86. The van der Waals surface area contributed by atoms with Crippen LogP contribution in [0, 0.1) is 0 Å². The molecule has 0 aliphatic heterocycles. The lowest BCUT2D eigenvalue weighted by molar-refractivity contribution is -0.157. The molecule has 1 rings (SSSR count). The van der Waals surface area contributed by atoms with Crippen LogP contribution >= 0.6 is 24.0 Å². The van der Waals surface area contributed by atoms with E-state index in [2.05, 4.69) is 15.6 Å². The van der Waals surface area contributed by atoms with E-state index in [1.54, 1.807) is 0 Å². The minimum atomic E-state index is -4.41. The molecule has 9 heteroatoms. The number of carbonyl (C=O) groups excluding carboxylic acids is 1. The van der Waals surface area contributed by atoms with Crippen LogP contribution in [0.15, 0.2) is 35.3 Å². The number of hydrogen-bond donors (Lipinski definition) is 2. The zero-order valence-corrected chi connectivity index (χ0v) is 15.9. The van der Waals surface area contributed by atoms with Gasteiger partial charge in [0.25, 0.3) is 0 Å². The van der Waals surface area contributed by atoms with Gasteiger partial charge >= 0.3 is 6.18 Å². The maximum absolute atomic E-state index is 12.2. The third kappa shape index (κ3) is 9.58. The first kappa shape index (κ1) is 22.5. The SMILES string of the molecule is CCNC(=NCc1ccccc1)NCC(=O)N(C)CC(F)(F)F.I. The van der Waals surface area contributed by atoms with Crippen molar-refractivity contribution in [3.63, 3.8) is 0 Å². The Hall–Kier alpha value is -1.52. The van der Waals surface area contributed by atoms with Gasteiger partial charge in [0.1, 0.15) is 6.54 Å². The summed E-state index contributed by atoms with van der Waals surface area (Å²) in [4.78, 5) is 16.6. The Morgan fingerprint density at radius 2 is 1.83 bits per heavy atom. The number of rotatable bonds is 6. The normalized spacial score (nSPS) is 11.5. The molecule has 0 heterocycles. The van der Waals surface area contributed by atoms with Gasteiger partial charge < -0.3 is 15.5 Å². The van der Waals surface area contributed by atoms with Gasteiger partial charge in [-0.25, -0.2) is 4.99 Å².